The van der Waals surface area contributed by atoms with Crippen LogP contribution < -0.4 is 0 Å². The number of rotatable bonds is 5. The molecule has 0 aromatic heterocycles. The minimum atomic E-state index is 0.269. The van der Waals surface area contributed by atoms with Gasteiger partial charge in [-0.3, -0.25) is 4.79 Å². The Morgan fingerprint density at radius 1 is 0.900 bits per heavy atom. The summed E-state index contributed by atoms with van der Waals surface area (Å²) in [6, 6.07) is 0. The van der Waals surface area contributed by atoms with E-state index in [0.717, 1.165) is 41.6 Å². The summed E-state index contributed by atoms with van der Waals surface area (Å²) < 4.78 is 0. The van der Waals surface area contributed by atoms with Crippen LogP contribution in [0, 0.1) is 52.3 Å². The van der Waals surface area contributed by atoms with Crippen LogP contribution in [-0.4, -0.2) is 5.78 Å². The Hall–Kier alpha value is -0.590. The molecule has 0 bridgehead atoms. The smallest absolute Gasteiger partial charge is 0.155 e. The van der Waals surface area contributed by atoms with E-state index >= 15 is 0 Å². The zero-order chi connectivity index (χ0) is 21.7. The van der Waals surface area contributed by atoms with Crippen molar-refractivity contribution in [2.75, 3.05) is 0 Å². The van der Waals surface area contributed by atoms with Crippen LogP contribution in [0.15, 0.2) is 11.6 Å². The number of carbonyl (C=O) groups excluding carboxylic acids is 1. The SMILES string of the molecule is CC(=O)C(=CC[C@@H](C)[C@H]1CC[C@H]2[C@@H]3CCC4CCCC[C@]4(C)[C@H]3CC[C@]12C)C(C)C. The second kappa shape index (κ2) is 8.40. The van der Waals surface area contributed by atoms with Crippen molar-refractivity contribution in [3.05, 3.63) is 11.6 Å². The number of fused-ring (bicyclic) bond motifs is 5. The van der Waals surface area contributed by atoms with Gasteiger partial charge in [-0.2, -0.15) is 0 Å². The van der Waals surface area contributed by atoms with Crippen molar-refractivity contribution in [1.29, 1.82) is 0 Å². The molecule has 0 amide bonds. The molecule has 4 rings (SSSR count). The largest absolute Gasteiger partial charge is 0.295 e. The molecule has 170 valence electrons. The molecule has 0 radical (unpaired) electrons. The first-order valence-corrected chi connectivity index (χ1v) is 13.4. The molecular formula is C29H48O. The fourth-order valence-electron chi connectivity index (χ4n) is 9.53. The van der Waals surface area contributed by atoms with E-state index in [9.17, 15) is 4.79 Å². The third-order valence-corrected chi connectivity index (χ3v) is 11.1. The summed E-state index contributed by atoms with van der Waals surface area (Å²) in [5, 5.41) is 0. The van der Waals surface area contributed by atoms with Crippen LogP contribution in [0.1, 0.15) is 112 Å². The topological polar surface area (TPSA) is 17.1 Å². The minimum Gasteiger partial charge on any atom is -0.295 e. The number of Topliss-reactive ketones (excluding diaryl/α,β-unsaturated/α-hetero) is 1. The molecule has 0 spiro atoms. The zero-order valence-electron chi connectivity index (χ0n) is 20.8. The normalized spacial score (nSPS) is 44.9. The van der Waals surface area contributed by atoms with Crippen LogP contribution in [-0.2, 0) is 4.79 Å². The third-order valence-electron chi connectivity index (χ3n) is 11.1. The van der Waals surface area contributed by atoms with Crippen molar-refractivity contribution in [3.8, 4) is 0 Å². The molecule has 8 atom stereocenters. The molecule has 4 aliphatic carbocycles. The standard InChI is InChI=1S/C29H48O/c1-19(2)23(21(4)30)12-10-20(3)25-14-15-26-24-13-11-22-9-7-8-17-28(22,5)27(24)16-18-29(25,26)6/h12,19-20,22,24-27H,7-11,13-18H2,1-6H3/t20-,22?,24+,25-,26+,27+,28+,29-/m1/s1. The quantitative estimate of drug-likeness (QED) is 0.415. The summed E-state index contributed by atoms with van der Waals surface area (Å²) in [5.74, 6) is 6.16. The van der Waals surface area contributed by atoms with Gasteiger partial charge in [0.25, 0.3) is 0 Å². The summed E-state index contributed by atoms with van der Waals surface area (Å²) in [4.78, 5) is 12.0. The monoisotopic (exact) mass is 412 g/mol. The Balaban J connectivity index is 1.50. The number of allylic oxidation sites excluding steroid dienone is 2. The van der Waals surface area contributed by atoms with Gasteiger partial charge < -0.3 is 0 Å². The lowest BCUT2D eigenvalue weighted by Crippen LogP contribution is -2.53. The lowest BCUT2D eigenvalue weighted by Gasteiger charge is -2.61. The first-order chi connectivity index (χ1) is 14.2. The molecule has 4 fully saturated rings. The van der Waals surface area contributed by atoms with E-state index in [1.165, 1.54) is 64.2 Å². The van der Waals surface area contributed by atoms with E-state index < -0.39 is 0 Å². The fourth-order valence-corrected chi connectivity index (χ4v) is 9.53. The average molecular weight is 413 g/mol. The lowest BCUT2D eigenvalue weighted by atomic mass is 9.44. The zero-order valence-corrected chi connectivity index (χ0v) is 20.8. The molecule has 0 aromatic rings. The Morgan fingerprint density at radius 3 is 2.33 bits per heavy atom. The molecule has 4 aliphatic rings. The van der Waals surface area contributed by atoms with Crippen LogP contribution in [0.4, 0.5) is 0 Å². The Bertz CT molecular complexity index is 674. The van der Waals surface area contributed by atoms with Crippen LogP contribution in [0.2, 0.25) is 0 Å². The molecule has 0 heterocycles. The van der Waals surface area contributed by atoms with Crippen LogP contribution >= 0.6 is 0 Å². The van der Waals surface area contributed by atoms with Gasteiger partial charge in [0.15, 0.2) is 5.78 Å². The highest BCUT2D eigenvalue weighted by atomic mass is 16.1. The van der Waals surface area contributed by atoms with Gasteiger partial charge in [0, 0.05) is 0 Å². The van der Waals surface area contributed by atoms with Gasteiger partial charge in [0.2, 0.25) is 0 Å². The van der Waals surface area contributed by atoms with Crippen molar-refractivity contribution in [2.45, 2.75) is 112 Å². The van der Waals surface area contributed by atoms with E-state index in [2.05, 4.69) is 40.7 Å². The maximum atomic E-state index is 12.0. The lowest BCUT2D eigenvalue weighted by molar-refractivity contribution is -0.114. The number of ketones is 1. The van der Waals surface area contributed by atoms with E-state index in [-0.39, 0.29) is 5.78 Å². The van der Waals surface area contributed by atoms with Gasteiger partial charge in [-0.1, -0.05) is 53.5 Å². The Labute approximate surface area is 186 Å². The molecule has 0 aliphatic heterocycles. The van der Waals surface area contributed by atoms with E-state index in [0.29, 0.717) is 22.7 Å². The number of hydrogen-bond acceptors (Lipinski definition) is 1. The van der Waals surface area contributed by atoms with Crippen molar-refractivity contribution < 1.29 is 4.79 Å². The van der Waals surface area contributed by atoms with Crippen LogP contribution in [0.3, 0.4) is 0 Å². The van der Waals surface area contributed by atoms with Crippen molar-refractivity contribution in [1.82, 2.24) is 0 Å². The van der Waals surface area contributed by atoms with Gasteiger partial charge in [-0.15, -0.1) is 0 Å². The minimum absolute atomic E-state index is 0.269. The summed E-state index contributed by atoms with van der Waals surface area (Å²) >= 11 is 0. The van der Waals surface area contributed by atoms with Gasteiger partial charge in [0.1, 0.15) is 0 Å². The molecule has 1 nitrogen and oxygen atoms in total. The molecule has 30 heavy (non-hydrogen) atoms. The number of carbonyl (C=O) groups is 1. The molecule has 0 N–H and O–H groups in total. The van der Waals surface area contributed by atoms with E-state index in [1.807, 2.05) is 0 Å². The van der Waals surface area contributed by atoms with E-state index in [1.54, 1.807) is 6.92 Å². The first kappa shape index (κ1) is 22.6. The predicted molar refractivity (Wildman–Crippen MR) is 127 cm³/mol. The van der Waals surface area contributed by atoms with Crippen molar-refractivity contribution in [3.63, 3.8) is 0 Å². The predicted octanol–water partition coefficient (Wildman–Crippen LogP) is 8.23. The second-order valence-electron chi connectivity index (χ2n) is 12.7. The first-order valence-electron chi connectivity index (χ1n) is 13.4. The Kier molecular flexibility index (Phi) is 6.33. The van der Waals surface area contributed by atoms with Crippen molar-refractivity contribution >= 4 is 5.78 Å². The maximum absolute atomic E-state index is 12.0. The average Bonchev–Trinajstić information content (AvgIpc) is 3.04. The molecule has 4 saturated carbocycles. The van der Waals surface area contributed by atoms with Crippen LogP contribution in [0.5, 0.6) is 0 Å². The highest BCUT2D eigenvalue weighted by molar-refractivity contribution is 5.93. The molecular weight excluding hydrogens is 364 g/mol. The summed E-state index contributed by atoms with van der Waals surface area (Å²) in [6.07, 6.45) is 18.3. The molecule has 1 unspecified atom stereocenters. The molecule has 1 heteroatoms. The fraction of sp³-hybridized carbons (Fsp3) is 0.897. The van der Waals surface area contributed by atoms with Crippen LogP contribution in [0.25, 0.3) is 0 Å². The van der Waals surface area contributed by atoms with Gasteiger partial charge >= 0.3 is 0 Å². The summed E-state index contributed by atoms with van der Waals surface area (Å²) in [7, 11) is 0. The maximum Gasteiger partial charge on any atom is 0.155 e. The van der Waals surface area contributed by atoms with Gasteiger partial charge in [-0.05, 0) is 123 Å². The highest BCUT2D eigenvalue weighted by Crippen LogP contribution is 2.68. The highest BCUT2D eigenvalue weighted by Gasteiger charge is 2.59. The molecule has 0 saturated heterocycles. The van der Waals surface area contributed by atoms with Gasteiger partial charge in [0.05, 0.1) is 0 Å². The third kappa shape index (κ3) is 3.65. The molecule has 0 aromatic carbocycles. The summed E-state index contributed by atoms with van der Waals surface area (Å²) in [5.41, 5.74) is 2.25. The Morgan fingerprint density at radius 2 is 1.63 bits per heavy atom. The van der Waals surface area contributed by atoms with Gasteiger partial charge in [-0.25, -0.2) is 0 Å². The number of hydrogen-bond donors (Lipinski definition) is 0. The summed E-state index contributed by atoms with van der Waals surface area (Å²) in [6.45, 7) is 13.9. The van der Waals surface area contributed by atoms with Crippen molar-refractivity contribution in [2.24, 2.45) is 52.3 Å². The second-order valence-corrected chi connectivity index (χ2v) is 12.7. The van der Waals surface area contributed by atoms with E-state index in [4.69, 9.17) is 0 Å².